The smallest absolute Gasteiger partial charge is 0.249 e. The van der Waals surface area contributed by atoms with Crippen molar-refractivity contribution in [3.05, 3.63) is 39.4 Å². The summed E-state index contributed by atoms with van der Waals surface area (Å²) in [6.45, 7) is 8.60. The molecule has 0 heterocycles. The number of methoxy groups -OCH3 is 1. The minimum absolute atomic E-state index is 0.150. The molecule has 0 saturated carbocycles. The summed E-state index contributed by atoms with van der Waals surface area (Å²) in [5.74, 6) is -0.302. The maximum absolute atomic E-state index is 13.4. The summed E-state index contributed by atoms with van der Waals surface area (Å²) in [5, 5.41) is 0. The normalized spacial score (nSPS) is 11.9. The molecule has 4 heteroatoms. The van der Waals surface area contributed by atoms with Gasteiger partial charge in [0.25, 0.3) is 0 Å². The van der Waals surface area contributed by atoms with Gasteiger partial charge in [0.05, 0.1) is 12.7 Å². The third kappa shape index (κ3) is 2.05. The molecule has 0 saturated heterocycles. The molecule has 0 fully saturated rings. The Hall–Kier alpha value is -1.08. The summed E-state index contributed by atoms with van der Waals surface area (Å²) in [4.78, 5) is 3.33. The fourth-order valence-corrected chi connectivity index (χ4v) is 1.62. The highest BCUT2D eigenvalue weighted by Gasteiger charge is 2.19. The van der Waals surface area contributed by atoms with Gasteiger partial charge < -0.3 is 9.58 Å². The minimum atomic E-state index is -0.452. The number of hydrogen-bond donors (Lipinski definition) is 0. The molecule has 0 bridgehead atoms. The van der Waals surface area contributed by atoms with Crippen LogP contribution in [-0.2, 0) is 0 Å². The molecule has 1 unspecified atom stereocenters. The van der Waals surface area contributed by atoms with Crippen LogP contribution in [0.5, 0.6) is 5.75 Å². The lowest BCUT2D eigenvalue weighted by Gasteiger charge is -2.09. The Kier molecular flexibility index (Phi) is 3.48. The average Bonchev–Trinajstić information content (AvgIpc) is 2.15. The molecule has 1 aromatic rings. The Morgan fingerprint density at radius 1 is 1.57 bits per heavy atom. The Morgan fingerprint density at radius 2 is 2.21 bits per heavy atom. The third-order valence-electron chi connectivity index (χ3n) is 1.88. The van der Waals surface area contributed by atoms with E-state index in [2.05, 4.69) is 20.8 Å². The van der Waals surface area contributed by atoms with Crippen molar-refractivity contribution in [2.75, 3.05) is 7.11 Å². The molecule has 1 atom stereocenters. The summed E-state index contributed by atoms with van der Waals surface area (Å²) in [7, 11) is 1.40. The van der Waals surface area contributed by atoms with Crippen LogP contribution in [0, 0.1) is 12.4 Å². The van der Waals surface area contributed by atoms with Gasteiger partial charge in [-0.1, -0.05) is 15.9 Å². The van der Waals surface area contributed by atoms with Crippen molar-refractivity contribution in [1.29, 1.82) is 0 Å². The van der Waals surface area contributed by atoms with Gasteiger partial charge in [0.2, 0.25) is 6.04 Å². The van der Waals surface area contributed by atoms with E-state index in [9.17, 15) is 4.39 Å². The molecule has 2 nitrogen and oxygen atoms in total. The average molecular weight is 258 g/mol. The van der Waals surface area contributed by atoms with E-state index in [1.807, 2.05) is 0 Å². The zero-order valence-corrected chi connectivity index (χ0v) is 9.43. The van der Waals surface area contributed by atoms with Crippen molar-refractivity contribution in [2.24, 2.45) is 0 Å². The number of benzene rings is 1. The monoisotopic (exact) mass is 257 g/mol. The van der Waals surface area contributed by atoms with E-state index in [4.69, 9.17) is 11.3 Å². The van der Waals surface area contributed by atoms with Gasteiger partial charge >= 0.3 is 0 Å². The lowest BCUT2D eigenvalue weighted by Crippen LogP contribution is -1.97. The van der Waals surface area contributed by atoms with Gasteiger partial charge in [0.1, 0.15) is 0 Å². The van der Waals surface area contributed by atoms with E-state index in [1.165, 1.54) is 13.2 Å². The van der Waals surface area contributed by atoms with Gasteiger partial charge in [-0.05, 0) is 12.1 Å². The summed E-state index contributed by atoms with van der Waals surface area (Å²) >= 11 is 3.18. The van der Waals surface area contributed by atoms with E-state index in [-0.39, 0.29) is 5.75 Å². The fraction of sp³-hybridized carbons (Fsp3) is 0.300. The van der Waals surface area contributed by atoms with Crippen molar-refractivity contribution in [3.63, 3.8) is 0 Å². The quantitative estimate of drug-likeness (QED) is 0.739. The number of rotatable bonds is 2. The summed E-state index contributed by atoms with van der Waals surface area (Å²) in [6.07, 6.45) is 0. The predicted molar refractivity (Wildman–Crippen MR) is 55.7 cm³/mol. The highest BCUT2D eigenvalue weighted by molar-refractivity contribution is 9.10. The van der Waals surface area contributed by atoms with Crippen molar-refractivity contribution in [1.82, 2.24) is 0 Å². The molecule has 0 spiro atoms. The Morgan fingerprint density at radius 3 is 2.71 bits per heavy atom. The van der Waals surface area contributed by atoms with Crippen molar-refractivity contribution in [3.8, 4) is 5.75 Å². The second kappa shape index (κ2) is 4.43. The molecule has 0 amide bonds. The first-order valence-electron chi connectivity index (χ1n) is 3.99. The van der Waals surface area contributed by atoms with Gasteiger partial charge in [0, 0.05) is 11.4 Å². The van der Waals surface area contributed by atoms with Crippen LogP contribution in [-0.4, -0.2) is 7.11 Å². The second-order valence-electron chi connectivity index (χ2n) is 2.82. The maximum Gasteiger partial charge on any atom is 0.249 e. The molecule has 0 aromatic heterocycles. The zero-order valence-electron chi connectivity index (χ0n) is 7.84. The van der Waals surface area contributed by atoms with E-state index >= 15 is 0 Å². The minimum Gasteiger partial charge on any atom is -0.493 e. The van der Waals surface area contributed by atoms with Crippen LogP contribution >= 0.6 is 15.9 Å². The van der Waals surface area contributed by atoms with Gasteiger partial charge in [0.15, 0.2) is 11.6 Å². The van der Waals surface area contributed by atoms with Crippen molar-refractivity contribution < 1.29 is 9.13 Å². The number of nitrogens with zero attached hydrogens (tertiary/aromatic N) is 1. The van der Waals surface area contributed by atoms with E-state index < -0.39 is 11.9 Å². The molecule has 1 aromatic carbocycles. The van der Waals surface area contributed by atoms with Gasteiger partial charge in [-0.3, -0.25) is 0 Å². The van der Waals surface area contributed by atoms with Crippen molar-refractivity contribution in [2.45, 2.75) is 13.0 Å². The van der Waals surface area contributed by atoms with Crippen LogP contribution in [0.25, 0.3) is 4.85 Å². The van der Waals surface area contributed by atoms with Crippen LogP contribution in [0.3, 0.4) is 0 Å². The maximum atomic E-state index is 13.4. The first kappa shape index (κ1) is 11.0. The Bertz CT molecular complexity index is 386. The van der Waals surface area contributed by atoms with E-state index in [0.29, 0.717) is 10.0 Å². The van der Waals surface area contributed by atoms with Crippen LogP contribution in [0.2, 0.25) is 0 Å². The Balaban J connectivity index is 3.33. The molecule has 14 heavy (non-hydrogen) atoms. The molecular weight excluding hydrogens is 249 g/mol. The molecule has 0 N–H and O–H groups in total. The molecule has 0 radical (unpaired) electrons. The topological polar surface area (TPSA) is 13.6 Å². The molecule has 0 aliphatic carbocycles. The van der Waals surface area contributed by atoms with E-state index in [0.717, 1.165) is 0 Å². The van der Waals surface area contributed by atoms with Crippen LogP contribution in [0.4, 0.5) is 4.39 Å². The second-order valence-corrected chi connectivity index (χ2v) is 3.73. The Labute approximate surface area is 90.6 Å². The summed E-state index contributed by atoms with van der Waals surface area (Å²) in [5.41, 5.74) is 0.564. The standard InChI is InChI=1S/C10H9BrFNO/c1-6(13-2)8-4-7(11)5-9(12)10(8)14-3/h4-6H,1,3H3. The lowest BCUT2D eigenvalue weighted by atomic mass is 10.1. The van der Waals surface area contributed by atoms with Gasteiger partial charge in [-0.2, -0.15) is 0 Å². The number of hydrogen-bond acceptors (Lipinski definition) is 1. The first-order valence-corrected chi connectivity index (χ1v) is 4.79. The molecule has 0 aliphatic heterocycles. The first-order chi connectivity index (χ1) is 6.60. The molecule has 1 rings (SSSR count). The van der Waals surface area contributed by atoms with Gasteiger partial charge in [-0.15, -0.1) is 0 Å². The summed E-state index contributed by atoms with van der Waals surface area (Å²) < 4.78 is 18.9. The molecule has 0 aliphatic rings. The van der Waals surface area contributed by atoms with Gasteiger partial charge in [-0.25, -0.2) is 11.0 Å². The number of ether oxygens (including phenoxy) is 1. The predicted octanol–water partition coefficient (Wildman–Crippen LogP) is 3.58. The number of halogens is 2. The largest absolute Gasteiger partial charge is 0.493 e. The van der Waals surface area contributed by atoms with Crippen molar-refractivity contribution >= 4 is 15.9 Å². The zero-order chi connectivity index (χ0) is 10.7. The van der Waals surface area contributed by atoms with Crippen LogP contribution in [0.1, 0.15) is 18.5 Å². The highest BCUT2D eigenvalue weighted by Crippen LogP contribution is 2.32. The van der Waals surface area contributed by atoms with Crippen LogP contribution < -0.4 is 4.74 Å². The fourth-order valence-electron chi connectivity index (χ4n) is 1.18. The SMILES string of the molecule is [C-]#[N+]C(C)c1cc(Br)cc(F)c1OC. The molecule has 74 valence electrons. The van der Waals surface area contributed by atoms with Crippen LogP contribution in [0.15, 0.2) is 16.6 Å². The molecular formula is C10H9BrFNO. The summed E-state index contributed by atoms with van der Waals surface area (Å²) in [6, 6.07) is 2.61. The lowest BCUT2D eigenvalue weighted by molar-refractivity contribution is 0.380. The third-order valence-corrected chi connectivity index (χ3v) is 2.34. The van der Waals surface area contributed by atoms with E-state index in [1.54, 1.807) is 13.0 Å². The highest BCUT2D eigenvalue weighted by atomic mass is 79.9.